The minimum Gasteiger partial charge on any atom is -0.379 e. The van der Waals surface area contributed by atoms with Crippen LogP contribution in [0.15, 0.2) is 42.9 Å². The second kappa shape index (κ2) is 7.72. The van der Waals surface area contributed by atoms with E-state index in [1.165, 1.54) is 18.5 Å². The SMILES string of the molecule is Fc1ccc(-c2cnc3ncnc(NCCN4CCOCC4)c3c2)cc1. The third kappa shape index (κ3) is 3.79. The van der Waals surface area contributed by atoms with Crippen molar-refractivity contribution in [1.82, 2.24) is 19.9 Å². The van der Waals surface area contributed by atoms with Gasteiger partial charge in [0.15, 0.2) is 5.65 Å². The van der Waals surface area contributed by atoms with Crippen LogP contribution < -0.4 is 5.32 Å². The molecule has 2 aromatic heterocycles. The van der Waals surface area contributed by atoms with Crippen LogP contribution >= 0.6 is 0 Å². The molecule has 26 heavy (non-hydrogen) atoms. The molecule has 0 unspecified atom stereocenters. The first kappa shape index (κ1) is 16.8. The normalized spacial score (nSPS) is 15.3. The molecule has 1 N–H and O–H groups in total. The largest absolute Gasteiger partial charge is 0.379 e. The topological polar surface area (TPSA) is 63.2 Å². The van der Waals surface area contributed by atoms with Crippen LogP contribution in [0, 0.1) is 5.82 Å². The van der Waals surface area contributed by atoms with Gasteiger partial charge in [-0.1, -0.05) is 12.1 Å². The molecule has 1 aromatic carbocycles. The van der Waals surface area contributed by atoms with E-state index in [1.807, 2.05) is 6.07 Å². The molecule has 0 atom stereocenters. The van der Waals surface area contributed by atoms with Gasteiger partial charge in [-0.25, -0.2) is 19.3 Å². The van der Waals surface area contributed by atoms with E-state index in [2.05, 4.69) is 25.2 Å². The molecule has 0 radical (unpaired) electrons. The zero-order valence-corrected chi connectivity index (χ0v) is 14.4. The lowest BCUT2D eigenvalue weighted by molar-refractivity contribution is 0.0398. The zero-order chi connectivity index (χ0) is 17.8. The number of morpholine rings is 1. The molecule has 7 heteroatoms. The summed E-state index contributed by atoms with van der Waals surface area (Å²) in [7, 11) is 0. The Morgan fingerprint density at radius 1 is 1.04 bits per heavy atom. The summed E-state index contributed by atoms with van der Waals surface area (Å²) < 4.78 is 18.5. The van der Waals surface area contributed by atoms with Gasteiger partial charge >= 0.3 is 0 Å². The van der Waals surface area contributed by atoms with Crippen LogP contribution in [0.5, 0.6) is 0 Å². The quantitative estimate of drug-likeness (QED) is 0.761. The number of rotatable bonds is 5. The van der Waals surface area contributed by atoms with Gasteiger partial charge in [0.05, 0.1) is 18.6 Å². The Labute approximate surface area is 151 Å². The Bertz CT molecular complexity index is 881. The van der Waals surface area contributed by atoms with Crippen molar-refractivity contribution in [2.75, 3.05) is 44.7 Å². The Kier molecular flexibility index (Phi) is 4.99. The fourth-order valence-electron chi connectivity index (χ4n) is 3.04. The third-order valence-electron chi connectivity index (χ3n) is 4.49. The monoisotopic (exact) mass is 353 g/mol. The van der Waals surface area contributed by atoms with Crippen LogP contribution in [-0.2, 0) is 4.74 Å². The van der Waals surface area contributed by atoms with Gasteiger partial charge in [-0.2, -0.15) is 0 Å². The molecular formula is C19H20FN5O. The van der Waals surface area contributed by atoms with E-state index in [4.69, 9.17) is 4.74 Å². The molecule has 1 aliphatic heterocycles. The molecule has 0 saturated carbocycles. The Morgan fingerprint density at radius 3 is 2.65 bits per heavy atom. The highest BCUT2D eigenvalue weighted by Crippen LogP contribution is 2.25. The summed E-state index contributed by atoms with van der Waals surface area (Å²) in [5.74, 6) is 0.510. The van der Waals surface area contributed by atoms with Crippen molar-refractivity contribution < 1.29 is 9.13 Å². The molecular weight excluding hydrogens is 333 g/mol. The minimum atomic E-state index is -0.253. The van der Waals surface area contributed by atoms with Crippen LogP contribution in [0.3, 0.4) is 0 Å². The van der Waals surface area contributed by atoms with Crippen molar-refractivity contribution in [3.05, 3.63) is 48.7 Å². The van der Waals surface area contributed by atoms with Gasteiger partial charge < -0.3 is 10.1 Å². The number of halogens is 1. The maximum atomic E-state index is 13.2. The number of nitrogens with zero attached hydrogens (tertiary/aromatic N) is 4. The van der Waals surface area contributed by atoms with E-state index in [1.54, 1.807) is 18.3 Å². The number of hydrogen-bond acceptors (Lipinski definition) is 6. The van der Waals surface area contributed by atoms with Crippen LogP contribution in [0.2, 0.25) is 0 Å². The van der Waals surface area contributed by atoms with Crippen molar-refractivity contribution in [2.45, 2.75) is 0 Å². The van der Waals surface area contributed by atoms with Crippen molar-refractivity contribution in [2.24, 2.45) is 0 Å². The first-order chi connectivity index (χ1) is 12.8. The maximum Gasteiger partial charge on any atom is 0.164 e. The van der Waals surface area contributed by atoms with Gasteiger partial charge in [0.25, 0.3) is 0 Å². The van der Waals surface area contributed by atoms with Crippen molar-refractivity contribution in [3.8, 4) is 11.1 Å². The first-order valence-electron chi connectivity index (χ1n) is 8.70. The van der Waals surface area contributed by atoms with Gasteiger partial charge in [0, 0.05) is 37.9 Å². The summed E-state index contributed by atoms with van der Waals surface area (Å²) in [4.78, 5) is 15.4. The molecule has 3 heterocycles. The molecule has 1 aliphatic rings. The van der Waals surface area contributed by atoms with Crippen molar-refractivity contribution in [3.63, 3.8) is 0 Å². The maximum absolute atomic E-state index is 13.2. The number of hydrogen-bond donors (Lipinski definition) is 1. The lowest BCUT2D eigenvalue weighted by Crippen LogP contribution is -2.39. The van der Waals surface area contributed by atoms with Crippen molar-refractivity contribution in [1.29, 1.82) is 0 Å². The van der Waals surface area contributed by atoms with Crippen LogP contribution in [0.1, 0.15) is 0 Å². The molecule has 6 nitrogen and oxygen atoms in total. The standard InChI is InChI=1S/C19H20FN5O/c20-16-3-1-14(2-4-16)15-11-17-18(23-13-24-19(17)22-12-15)21-5-6-25-7-9-26-10-8-25/h1-4,11-13H,5-10H2,(H,21,22,23,24). The summed E-state index contributed by atoms with van der Waals surface area (Å²) in [6.07, 6.45) is 3.27. The molecule has 0 aliphatic carbocycles. The van der Waals surface area contributed by atoms with E-state index in [9.17, 15) is 4.39 Å². The summed E-state index contributed by atoms with van der Waals surface area (Å²) in [5, 5.41) is 4.25. The van der Waals surface area contributed by atoms with Gasteiger partial charge in [-0.15, -0.1) is 0 Å². The zero-order valence-electron chi connectivity index (χ0n) is 14.4. The number of ether oxygens (including phenoxy) is 1. The lowest BCUT2D eigenvalue weighted by Gasteiger charge is -2.26. The third-order valence-corrected chi connectivity index (χ3v) is 4.49. The van der Waals surface area contributed by atoms with E-state index in [0.717, 1.165) is 61.7 Å². The average molecular weight is 353 g/mol. The van der Waals surface area contributed by atoms with Gasteiger partial charge in [0.2, 0.25) is 0 Å². The fraction of sp³-hybridized carbons (Fsp3) is 0.316. The smallest absolute Gasteiger partial charge is 0.164 e. The molecule has 0 amide bonds. The summed E-state index contributed by atoms with van der Waals surface area (Å²) in [5.41, 5.74) is 2.45. The Hall–Kier alpha value is -2.64. The molecule has 0 bridgehead atoms. The van der Waals surface area contributed by atoms with Gasteiger partial charge in [0.1, 0.15) is 18.0 Å². The lowest BCUT2D eigenvalue weighted by atomic mass is 10.1. The van der Waals surface area contributed by atoms with Crippen LogP contribution in [0.4, 0.5) is 10.2 Å². The highest BCUT2D eigenvalue weighted by Gasteiger charge is 2.11. The van der Waals surface area contributed by atoms with Crippen molar-refractivity contribution >= 4 is 16.9 Å². The molecule has 0 spiro atoms. The highest BCUT2D eigenvalue weighted by molar-refractivity contribution is 5.89. The molecule has 1 saturated heterocycles. The number of pyridine rings is 1. The number of fused-ring (bicyclic) bond motifs is 1. The number of nitrogens with one attached hydrogen (secondary N) is 1. The summed E-state index contributed by atoms with van der Waals surface area (Å²) in [6, 6.07) is 8.37. The van der Waals surface area contributed by atoms with Crippen LogP contribution in [-0.4, -0.2) is 59.2 Å². The number of aromatic nitrogens is 3. The predicted octanol–water partition coefficient (Wildman–Crippen LogP) is 2.58. The number of benzene rings is 1. The van der Waals surface area contributed by atoms with E-state index >= 15 is 0 Å². The Morgan fingerprint density at radius 2 is 1.85 bits per heavy atom. The number of anilines is 1. The van der Waals surface area contributed by atoms with Gasteiger partial charge in [-0.05, 0) is 23.8 Å². The van der Waals surface area contributed by atoms with Crippen LogP contribution in [0.25, 0.3) is 22.2 Å². The van der Waals surface area contributed by atoms with E-state index in [-0.39, 0.29) is 5.82 Å². The van der Waals surface area contributed by atoms with E-state index in [0.29, 0.717) is 5.65 Å². The Balaban J connectivity index is 1.54. The predicted molar refractivity (Wildman–Crippen MR) is 98.5 cm³/mol. The first-order valence-corrected chi connectivity index (χ1v) is 8.70. The molecule has 134 valence electrons. The fourth-order valence-corrected chi connectivity index (χ4v) is 3.04. The molecule has 1 fully saturated rings. The molecule has 3 aromatic rings. The minimum absolute atomic E-state index is 0.253. The summed E-state index contributed by atoms with van der Waals surface area (Å²) >= 11 is 0. The summed E-state index contributed by atoms with van der Waals surface area (Å²) in [6.45, 7) is 5.22. The molecule has 4 rings (SSSR count). The second-order valence-corrected chi connectivity index (χ2v) is 6.21. The van der Waals surface area contributed by atoms with Gasteiger partial charge in [-0.3, -0.25) is 4.90 Å². The second-order valence-electron chi connectivity index (χ2n) is 6.21. The van der Waals surface area contributed by atoms with E-state index < -0.39 is 0 Å². The highest BCUT2D eigenvalue weighted by atomic mass is 19.1. The average Bonchev–Trinajstić information content (AvgIpc) is 2.69.